The summed E-state index contributed by atoms with van der Waals surface area (Å²) in [6.45, 7) is 4.08. The average Bonchev–Trinajstić information content (AvgIpc) is 2.44. The molecular weight excluding hydrogens is 304 g/mol. The zero-order valence-corrected chi connectivity index (χ0v) is 13.7. The summed E-state index contributed by atoms with van der Waals surface area (Å²) >= 11 is 7.60. The smallest absolute Gasteiger partial charge is 0.318 e. The van der Waals surface area contributed by atoms with Crippen LogP contribution in [0.1, 0.15) is 11.1 Å². The first-order valence-corrected chi connectivity index (χ1v) is 7.72. The van der Waals surface area contributed by atoms with Gasteiger partial charge in [0.1, 0.15) is 0 Å². The lowest BCUT2D eigenvalue weighted by molar-refractivity contribution is 0.254. The Kier molecular flexibility index (Phi) is 5.15. The number of carbonyl (C=O) groups excluding carboxylic acids is 1. The third-order valence-electron chi connectivity index (χ3n) is 2.98. The van der Waals surface area contributed by atoms with E-state index in [1.54, 1.807) is 18.8 Å². The molecule has 3 nitrogen and oxygen atoms in total. The van der Waals surface area contributed by atoms with Gasteiger partial charge in [-0.05, 0) is 61.4 Å². The molecule has 0 aromatic heterocycles. The van der Waals surface area contributed by atoms with Crippen molar-refractivity contribution in [3.63, 3.8) is 0 Å². The fraction of sp³-hybridized carbons (Fsp3) is 0.188. The van der Waals surface area contributed by atoms with Gasteiger partial charge in [-0.3, -0.25) is 0 Å². The van der Waals surface area contributed by atoms with Gasteiger partial charge in [0.25, 0.3) is 0 Å². The van der Waals surface area contributed by atoms with Gasteiger partial charge in [-0.25, -0.2) is 4.79 Å². The summed E-state index contributed by atoms with van der Waals surface area (Å²) in [5.41, 5.74) is 3.05. The second-order valence-electron chi connectivity index (χ2n) is 4.70. The van der Waals surface area contributed by atoms with Gasteiger partial charge in [-0.15, -0.1) is 0 Å². The Labute approximate surface area is 134 Å². The van der Waals surface area contributed by atoms with Crippen LogP contribution in [0.15, 0.2) is 46.2 Å². The fourth-order valence-corrected chi connectivity index (χ4v) is 3.07. The monoisotopic (exact) mass is 320 g/mol. The van der Waals surface area contributed by atoms with E-state index in [0.717, 1.165) is 26.7 Å². The molecular formula is C16H17ClN2OS. The lowest BCUT2D eigenvalue weighted by atomic mass is 10.1. The molecule has 110 valence electrons. The molecule has 0 aliphatic carbocycles. The molecule has 0 saturated carbocycles. The van der Waals surface area contributed by atoms with Gasteiger partial charge in [0.05, 0.1) is 0 Å². The summed E-state index contributed by atoms with van der Waals surface area (Å²) in [6.07, 6.45) is 0. The Morgan fingerprint density at radius 2 is 1.67 bits per heavy atom. The van der Waals surface area contributed by atoms with E-state index in [0.29, 0.717) is 0 Å². The van der Waals surface area contributed by atoms with E-state index >= 15 is 0 Å². The highest BCUT2D eigenvalue weighted by molar-refractivity contribution is 7.99. The van der Waals surface area contributed by atoms with Gasteiger partial charge in [0.2, 0.25) is 0 Å². The Morgan fingerprint density at radius 1 is 1.10 bits per heavy atom. The highest BCUT2D eigenvalue weighted by atomic mass is 35.5. The van der Waals surface area contributed by atoms with Crippen LogP contribution in [0.3, 0.4) is 0 Å². The first-order chi connectivity index (χ1) is 9.99. The number of anilines is 1. The number of urea groups is 1. The van der Waals surface area contributed by atoms with E-state index < -0.39 is 0 Å². The summed E-state index contributed by atoms with van der Waals surface area (Å²) in [5.74, 6) is 0. The Balaban J connectivity index is 2.24. The van der Waals surface area contributed by atoms with Crippen LogP contribution in [-0.2, 0) is 0 Å². The summed E-state index contributed by atoms with van der Waals surface area (Å²) < 4.78 is 0. The average molecular weight is 321 g/mol. The van der Waals surface area contributed by atoms with Crippen LogP contribution in [0.5, 0.6) is 0 Å². The first-order valence-electron chi connectivity index (χ1n) is 6.53. The quantitative estimate of drug-likeness (QED) is 0.848. The Hall–Kier alpha value is -1.65. The van der Waals surface area contributed by atoms with Crippen molar-refractivity contribution in [3.05, 3.63) is 52.5 Å². The lowest BCUT2D eigenvalue weighted by Gasteiger charge is -2.13. The third kappa shape index (κ3) is 4.16. The Morgan fingerprint density at radius 3 is 2.19 bits per heavy atom. The molecule has 2 rings (SSSR count). The van der Waals surface area contributed by atoms with Crippen molar-refractivity contribution in [1.82, 2.24) is 5.32 Å². The minimum Gasteiger partial charge on any atom is -0.341 e. The molecule has 0 saturated heterocycles. The van der Waals surface area contributed by atoms with Gasteiger partial charge in [-0.2, -0.15) is 0 Å². The largest absolute Gasteiger partial charge is 0.341 e. The van der Waals surface area contributed by atoms with Crippen LogP contribution in [0.25, 0.3) is 0 Å². The number of hydrogen-bond donors (Lipinski definition) is 2. The zero-order valence-electron chi connectivity index (χ0n) is 12.2. The van der Waals surface area contributed by atoms with Gasteiger partial charge in [0.15, 0.2) is 0 Å². The predicted molar refractivity (Wildman–Crippen MR) is 89.6 cm³/mol. The third-order valence-corrected chi connectivity index (χ3v) is 4.59. The molecule has 0 aliphatic rings. The van der Waals surface area contributed by atoms with E-state index in [1.165, 1.54) is 4.90 Å². The van der Waals surface area contributed by atoms with Crippen molar-refractivity contribution >= 4 is 35.1 Å². The summed E-state index contributed by atoms with van der Waals surface area (Å²) in [5, 5.41) is 6.07. The normalized spacial score (nSPS) is 10.3. The molecule has 0 radical (unpaired) electrons. The Bertz CT molecular complexity index is 633. The van der Waals surface area contributed by atoms with Crippen molar-refractivity contribution in [2.45, 2.75) is 23.6 Å². The number of benzene rings is 2. The second-order valence-corrected chi connectivity index (χ2v) is 6.22. The van der Waals surface area contributed by atoms with Crippen LogP contribution < -0.4 is 10.6 Å². The van der Waals surface area contributed by atoms with Crippen molar-refractivity contribution in [3.8, 4) is 0 Å². The molecule has 0 aliphatic heterocycles. The highest BCUT2D eigenvalue weighted by Crippen LogP contribution is 2.35. The maximum absolute atomic E-state index is 11.4. The molecule has 2 aromatic carbocycles. The summed E-state index contributed by atoms with van der Waals surface area (Å²) in [7, 11) is 1.60. The number of amides is 2. The molecule has 0 fully saturated rings. The molecule has 2 amide bonds. The van der Waals surface area contributed by atoms with Crippen LogP contribution in [0.4, 0.5) is 10.5 Å². The van der Waals surface area contributed by atoms with E-state index in [-0.39, 0.29) is 6.03 Å². The number of aryl methyl sites for hydroxylation is 2. The van der Waals surface area contributed by atoms with E-state index in [9.17, 15) is 4.79 Å². The first kappa shape index (κ1) is 15.7. The van der Waals surface area contributed by atoms with E-state index in [2.05, 4.69) is 10.6 Å². The molecule has 0 unspecified atom stereocenters. The van der Waals surface area contributed by atoms with Crippen molar-refractivity contribution in [2.24, 2.45) is 0 Å². The predicted octanol–water partition coefficient (Wildman–Crippen LogP) is 4.86. The number of hydrogen-bond acceptors (Lipinski definition) is 2. The molecule has 2 N–H and O–H groups in total. The van der Waals surface area contributed by atoms with Crippen molar-refractivity contribution in [2.75, 3.05) is 12.4 Å². The molecule has 0 heterocycles. The van der Waals surface area contributed by atoms with Gasteiger partial charge in [0, 0.05) is 27.5 Å². The molecule has 0 spiro atoms. The van der Waals surface area contributed by atoms with E-state index in [1.807, 2.05) is 50.2 Å². The summed E-state index contributed by atoms with van der Waals surface area (Å²) in [4.78, 5) is 13.7. The number of halogens is 1. The minimum absolute atomic E-state index is 0.216. The molecule has 21 heavy (non-hydrogen) atoms. The number of nitrogens with one attached hydrogen (secondary N) is 2. The van der Waals surface area contributed by atoms with Gasteiger partial charge >= 0.3 is 6.03 Å². The van der Waals surface area contributed by atoms with Crippen LogP contribution in [0.2, 0.25) is 5.02 Å². The van der Waals surface area contributed by atoms with Gasteiger partial charge in [-0.1, -0.05) is 23.4 Å². The lowest BCUT2D eigenvalue weighted by Crippen LogP contribution is -2.24. The van der Waals surface area contributed by atoms with Crippen LogP contribution >= 0.6 is 23.4 Å². The molecule has 0 atom stereocenters. The fourth-order valence-electron chi connectivity index (χ4n) is 2.00. The summed E-state index contributed by atoms with van der Waals surface area (Å²) in [6, 6.07) is 11.5. The van der Waals surface area contributed by atoms with Crippen LogP contribution in [-0.4, -0.2) is 13.1 Å². The van der Waals surface area contributed by atoms with Gasteiger partial charge < -0.3 is 10.6 Å². The molecule has 2 aromatic rings. The maximum atomic E-state index is 11.4. The second kappa shape index (κ2) is 6.87. The van der Waals surface area contributed by atoms with Crippen molar-refractivity contribution in [1.29, 1.82) is 0 Å². The minimum atomic E-state index is -0.216. The zero-order chi connectivity index (χ0) is 15.4. The highest BCUT2D eigenvalue weighted by Gasteiger charge is 2.08. The molecule has 0 bridgehead atoms. The van der Waals surface area contributed by atoms with Crippen molar-refractivity contribution < 1.29 is 4.79 Å². The maximum Gasteiger partial charge on any atom is 0.318 e. The number of carbonyl (C=O) groups is 1. The van der Waals surface area contributed by atoms with E-state index in [4.69, 9.17) is 11.6 Å². The molecule has 5 heteroatoms. The SMILES string of the molecule is CNC(=O)Nc1cc(C)c(Sc2ccc(Cl)cc2)c(C)c1. The van der Waals surface area contributed by atoms with Crippen LogP contribution in [0, 0.1) is 13.8 Å². The standard InChI is InChI=1S/C16H17ClN2OS/c1-10-8-13(19-16(20)18-3)9-11(2)15(10)21-14-6-4-12(17)5-7-14/h4-9H,1-3H3,(H2,18,19,20). The number of rotatable bonds is 3. The topological polar surface area (TPSA) is 41.1 Å².